The predicted molar refractivity (Wildman–Crippen MR) is 365 cm³/mol. The molecule has 9 aromatic carbocycles. The molecule has 9 aromatic rings. The van der Waals surface area contributed by atoms with Gasteiger partial charge in [-0.25, -0.2) is 0 Å². The lowest BCUT2D eigenvalue weighted by molar-refractivity contribution is 1.71. The molecule has 0 spiro atoms. The summed E-state index contributed by atoms with van der Waals surface area (Å²) < 4.78 is 0. The van der Waals surface area contributed by atoms with Gasteiger partial charge in [0, 0.05) is 0 Å². The summed E-state index contributed by atoms with van der Waals surface area (Å²) in [4.78, 5) is 0. The molecule has 290 valence electrons. The van der Waals surface area contributed by atoms with Gasteiger partial charge in [0.15, 0.2) is 0 Å². The lowest BCUT2D eigenvalue weighted by Crippen LogP contribution is -2.57. The van der Waals surface area contributed by atoms with Gasteiger partial charge in [-0.2, -0.15) is 0 Å². The van der Waals surface area contributed by atoms with Crippen LogP contribution >= 0.6 is 0 Å². The Morgan fingerprint density at radius 1 is 0.128 bits per heavy atom. The summed E-state index contributed by atoms with van der Waals surface area (Å²) in [7, 11) is 186. The molecule has 0 fully saturated rings. The first-order chi connectivity index (χ1) is 36.4. The van der Waals surface area contributed by atoms with Crippen LogP contribution in [0.5, 0.6) is 0 Å². The molecule has 0 aliphatic heterocycles. The van der Waals surface area contributed by atoms with Crippen LogP contribution in [0.1, 0.15) is 0 Å². The van der Waals surface area contributed by atoms with Gasteiger partial charge in [-0.1, -0.05) is 112 Å². The normalized spacial score (nSPS) is 11.5. The van der Waals surface area contributed by atoms with Crippen LogP contribution in [-0.2, 0) is 0 Å². The van der Waals surface area contributed by atoms with Gasteiger partial charge < -0.3 is 0 Å². The fourth-order valence-electron chi connectivity index (χ4n) is 10.4. The molecule has 0 amide bonds. The molecule has 0 heterocycles. The topological polar surface area (TPSA) is 0 Å². The minimum atomic E-state index is -0.148. The Hall–Kier alpha value is -4.68. The van der Waals surface area contributed by atoms with Crippen molar-refractivity contribution < 1.29 is 0 Å². The fourth-order valence-corrected chi connectivity index (χ4v) is 10.4. The zero-order valence-electron chi connectivity index (χ0n) is 41.6. The van der Waals surface area contributed by atoms with E-state index in [4.69, 9.17) is 220 Å². The number of hydrogen-bond acceptors (Lipinski definition) is 0. The van der Waals surface area contributed by atoms with Gasteiger partial charge in [0.1, 0.15) is 220 Å². The van der Waals surface area contributed by atoms with Crippen LogP contribution in [0.25, 0.3) is 88.3 Å². The van der Waals surface area contributed by atoms with Gasteiger partial charge in [-0.3, -0.25) is 0 Å². The molecule has 0 saturated heterocycles. The summed E-state index contributed by atoms with van der Waals surface area (Å²) in [5.74, 6) is 0. The Morgan fingerprint density at radius 3 is 0.462 bits per heavy atom. The average molecular weight is 909 g/mol. The largest absolute Gasteiger partial charge is 0.113 e. The molecular formula is C50H6B28. The van der Waals surface area contributed by atoms with Crippen LogP contribution in [0, 0.1) is 0 Å². The van der Waals surface area contributed by atoms with E-state index in [2.05, 4.69) is 0 Å². The second kappa shape index (κ2) is 20.7. The van der Waals surface area contributed by atoms with Crippen LogP contribution in [-0.4, -0.2) is 220 Å². The van der Waals surface area contributed by atoms with Gasteiger partial charge in [-0.15, -0.1) is 65.6 Å². The third-order valence-corrected chi connectivity index (χ3v) is 14.8. The van der Waals surface area contributed by atoms with E-state index in [-0.39, 0.29) is 209 Å². The van der Waals surface area contributed by atoms with Crippen molar-refractivity contribution in [1.29, 1.82) is 0 Å². The van der Waals surface area contributed by atoms with Crippen molar-refractivity contribution in [2.24, 2.45) is 0 Å². The van der Waals surface area contributed by atoms with E-state index in [1.807, 2.05) is 0 Å². The van der Waals surface area contributed by atoms with Crippen LogP contribution in [0.3, 0.4) is 0 Å². The van der Waals surface area contributed by atoms with Crippen molar-refractivity contribution in [3.8, 4) is 66.8 Å². The standard InChI is InChI=1S/C50H6B28/c51-23-13(24(52)40(68)47(75)39(23)67)7-1-3-9-11(5-7)16(18-29(57)33(61)20(34(62)30(18)58)22-37(65)45(73)50(78)46(74)38(22)66)10-4-2-8(14-25(53)41(69)48(76)42(70)26(14)54)6-12(10)15(9)17-27(55)31(59)19(32(60)28(17)56)21-35(63)43(71)49(77)44(72)36(21)64/h1-6H. The van der Waals surface area contributed by atoms with Crippen molar-refractivity contribution in [2.45, 2.75) is 0 Å². The maximum atomic E-state index is 7.23. The highest BCUT2D eigenvalue weighted by molar-refractivity contribution is 6.75. The molecule has 56 radical (unpaired) electrons. The number of fused-ring (bicyclic) bond motifs is 2. The van der Waals surface area contributed by atoms with Gasteiger partial charge in [0.2, 0.25) is 0 Å². The SMILES string of the molecule is [B]c1c([B])c([B])c(-c2ccc3c(-c4c([B])c([B])c(-c5c([B])c([B])c([B])c([B])c5[B])c([B])c4[B])c4cc(-c5c([B])c([B])c([B])c([B])c5[B])ccc4c(-c4c([B])c([B])c(-c5c([B])c([B])c([B])c([B])c5[B])c([B])c4[B])c3c2)c([B])c1[B]. The zero-order valence-corrected chi connectivity index (χ0v) is 41.6. The number of hydrogen-bond donors (Lipinski definition) is 0. The van der Waals surface area contributed by atoms with Crippen molar-refractivity contribution in [1.82, 2.24) is 0 Å². The second-order valence-electron chi connectivity index (χ2n) is 18.9. The van der Waals surface area contributed by atoms with Gasteiger partial charge in [0.25, 0.3) is 0 Å². The van der Waals surface area contributed by atoms with Crippen molar-refractivity contribution in [3.63, 3.8) is 0 Å². The molecule has 0 aliphatic rings. The van der Waals surface area contributed by atoms with Crippen molar-refractivity contribution >= 4 is 394 Å². The highest BCUT2D eigenvalue weighted by atomic mass is 14.3. The smallest absolute Gasteiger partial charge is 0.112 e. The fraction of sp³-hybridized carbons (Fsp3) is 0. The van der Waals surface area contributed by atoms with E-state index in [1.54, 1.807) is 36.4 Å². The number of benzene rings is 9. The number of rotatable bonds is 6. The highest BCUT2D eigenvalue weighted by Gasteiger charge is 2.28. The first-order valence-corrected chi connectivity index (χ1v) is 23.1. The quantitative estimate of drug-likeness (QED) is 0.115. The first kappa shape index (κ1) is 58.0. The summed E-state index contributed by atoms with van der Waals surface area (Å²) in [5.41, 5.74) is -0.265. The highest BCUT2D eigenvalue weighted by Crippen LogP contribution is 2.44. The molecular weight excluding hydrogens is 903 g/mol. The summed E-state index contributed by atoms with van der Waals surface area (Å²) in [5, 5.41) is 1.35. The zero-order chi connectivity index (χ0) is 57.6. The summed E-state index contributed by atoms with van der Waals surface area (Å²) in [6, 6.07) is 10.2. The first-order valence-electron chi connectivity index (χ1n) is 23.1. The second-order valence-corrected chi connectivity index (χ2v) is 18.9. The van der Waals surface area contributed by atoms with E-state index in [9.17, 15) is 0 Å². The maximum Gasteiger partial charge on any atom is 0.113 e. The molecule has 0 nitrogen and oxygen atoms in total. The van der Waals surface area contributed by atoms with Gasteiger partial charge in [0.05, 0.1) is 0 Å². The van der Waals surface area contributed by atoms with Crippen molar-refractivity contribution in [2.75, 3.05) is 0 Å². The van der Waals surface area contributed by atoms with Gasteiger partial charge >= 0.3 is 0 Å². The van der Waals surface area contributed by atoms with E-state index < -0.39 is 0 Å². The minimum Gasteiger partial charge on any atom is -0.112 e. The molecule has 0 N–H and O–H groups in total. The summed E-state index contributed by atoms with van der Waals surface area (Å²) in [6.45, 7) is 0. The molecule has 9 rings (SSSR count). The average Bonchev–Trinajstić information content (AvgIpc) is 3.62. The Bertz CT molecular complexity index is 3790. The lowest BCUT2D eigenvalue weighted by Gasteiger charge is -2.31. The Morgan fingerprint density at radius 2 is 0.269 bits per heavy atom. The van der Waals surface area contributed by atoms with E-state index in [0.717, 1.165) is 0 Å². The molecule has 0 atom stereocenters. The molecule has 0 unspecified atom stereocenters. The Kier molecular flexibility index (Phi) is 15.4. The predicted octanol–water partition coefficient (Wildman–Crippen LogP) is -19.8. The summed E-state index contributed by atoms with van der Waals surface area (Å²) >= 11 is 0. The molecule has 0 aromatic heterocycles. The molecule has 0 bridgehead atoms. The van der Waals surface area contributed by atoms with Crippen molar-refractivity contribution in [3.05, 3.63) is 36.4 Å². The van der Waals surface area contributed by atoms with E-state index in [1.165, 1.54) is 0 Å². The van der Waals surface area contributed by atoms with E-state index in [0.29, 0.717) is 32.7 Å². The van der Waals surface area contributed by atoms with Gasteiger partial charge in [-0.05, 0) is 100 Å². The lowest BCUT2D eigenvalue weighted by atomic mass is 9.55. The molecule has 28 heteroatoms. The third-order valence-electron chi connectivity index (χ3n) is 14.8. The monoisotopic (exact) mass is 914 g/mol. The molecule has 78 heavy (non-hydrogen) atoms. The minimum absolute atomic E-state index is 0.00387. The molecule has 0 saturated carbocycles. The Labute approximate surface area is 493 Å². The molecule has 0 aliphatic carbocycles. The van der Waals surface area contributed by atoms with Crippen LogP contribution in [0.15, 0.2) is 36.4 Å². The summed E-state index contributed by atoms with van der Waals surface area (Å²) in [6.07, 6.45) is 0. The third kappa shape index (κ3) is 8.37. The Balaban J connectivity index is 1.55. The van der Waals surface area contributed by atoms with E-state index >= 15 is 0 Å². The van der Waals surface area contributed by atoms with Crippen LogP contribution < -0.4 is 153 Å². The van der Waals surface area contributed by atoms with Crippen LogP contribution in [0.4, 0.5) is 0 Å². The van der Waals surface area contributed by atoms with Crippen LogP contribution in [0.2, 0.25) is 0 Å². The maximum absolute atomic E-state index is 7.23.